The smallest absolute Gasteiger partial charge is 0.0713 e. The molecule has 0 atom stereocenters. The quantitative estimate of drug-likeness (QED) is 0.147. The number of anilines is 3. The van der Waals surface area contributed by atoms with Crippen molar-refractivity contribution < 1.29 is 0 Å². The summed E-state index contributed by atoms with van der Waals surface area (Å²) in [7, 11) is 0. The largest absolute Gasteiger partial charge is 0.310 e. The van der Waals surface area contributed by atoms with Crippen LogP contribution in [0.15, 0.2) is 273 Å². The molecule has 1 aliphatic carbocycles. The molecular weight excluding hydrogens is 819 g/mol. The van der Waals surface area contributed by atoms with Crippen LogP contribution < -0.4 is 4.90 Å². The number of benzene rings is 12. The van der Waals surface area contributed by atoms with Crippen LogP contribution in [-0.2, 0) is 5.41 Å². The summed E-state index contributed by atoms with van der Waals surface area (Å²) in [6.07, 6.45) is 0. The Morgan fingerprint density at radius 2 is 0.676 bits per heavy atom. The molecule has 0 aliphatic heterocycles. The second kappa shape index (κ2) is 16.3. The van der Waals surface area contributed by atoms with Gasteiger partial charge in [-0.25, -0.2) is 0 Å². The van der Waals surface area contributed by atoms with Gasteiger partial charge in [-0.2, -0.15) is 0 Å². The summed E-state index contributed by atoms with van der Waals surface area (Å²) in [5.74, 6) is 0. The Labute approximate surface area is 397 Å². The van der Waals surface area contributed by atoms with E-state index >= 15 is 0 Å². The van der Waals surface area contributed by atoms with Crippen molar-refractivity contribution in [2.24, 2.45) is 0 Å². The molecule has 68 heavy (non-hydrogen) atoms. The third-order valence-corrected chi connectivity index (χ3v) is 14.3. The van der Waals surface area contributed by atoms with Crippen LogP contribution in [0.3, 0.4) is 0 Å². The Balaban J connectivity index is 0.923. The van der Waals surface area contributed by atoms with Crippen LogP contribution in [0, 0.1) is 0 Å². The third kappa shape index (κ3) is 6.39. The summed E-state index contributed by atoms with van der Waals surface area (Å²) in [5.41, 5.74) is 18.0. The van der Waals surface area contributed by atoms with Gasteiger partial charge < -0.3 is 4.90 Å². The number of hydrogen-bond acceptors (Lipinski definition) is 1. The van der Waals surface area contributed by atoms with Crippen molar-refractivity contribution >= 4 is 49.4 Å². The number of hydrogen-bond donors (Lipinski definition) is 0. The highest BCUT2D eigenvalue weighted by Gasteiger charge is 2.46. The highest BCUT2D eigenvalue weighted by Crippen LogP contribution is 2.58. The van der Waals surface area contributed by atoms with Crippen molar-refractivity contribution in [1.29, 1.82) is 0 Å². The molecule has 0 radical (unpaired) electrons. The van der Waals surface area contributed by atoms with E-state index in [1.54, 1.807) is 0 Å². The van der Waals surface area contributed by atoms with E-state index in [2.05, 4.69) is 278 Å². The first-order valence-electron chi connectivity index (χ1n) is 23.6. The van der Waals surface area contributed by atoms with Gasteiger partial charge in [-0.3, -0.25) is 0 Å². The van der Waals surface area contributed by atoms with Gasteiger partial charge in [-0.05, 0) is 142 Å². The summed E-state index contributed by atoms with van der Waals surface area (Å²) < 4.78 is 0. The molecule has 0 unspecified atom stereocenters. The van der Waals surface area contributed by atoms with Crippen LogP contribution in [0.25, 0.3) is 76.8 Å². The van der Waals surface area contributed by atoms with Crippen LogP contribution in [0.2, 0.25) is 0 Å². The van der Waals surface area contributed by atoms with Gasteiger partial charge in [-0.1, -0.05) is 231 Å². The minimum atomic E-state index is -0.445. The topological polar surface area (TPSA) is 3.24 Å². The van der Waals surface area contributed by atoms with Gasteiger partial charge in [0, 0.05) is 17.1 Å². The first-order chi connectivity index (χ1) is 33.7. The van der Waals surface area contributed by atoms with Crippen molar-refractivity contribution in [2.45, 2.75) is 5.41 Å². The van der Waals surface area contributed by atoms with Gasteiger partial charge in [0.15, 0.2) is 0 Å². The number of nitrogens with zero attached hydrogens (tertiary/aromatic N) is 1. The highest BCUT2D eigenvalue weighted by molar-refractivity contribution is 6.01. The van der Waals surface area contributed by atoms with Gasteiger partial charge >= 0.3 is 0 Å². The molecule has 0 heterocycles. The summed E-state index contributed by atoms with van der Waals surface area (Å²) in [6.45, 7) is 0. The lowest BCUT2D eigenvalue weighted by Gasteiger charge is -2.34. The van der Waals surface area contributed by atoms with Crippen LogP contribution in [0.5, 0.6) is 0 Å². The molecule has 0 saturated carbocycles. The molecule has 318 valence electrons. The Kier molecular flexibility index (Phi) is 9.47. The first kappa shape index (κ1) is 39.6. The monoisotopic (exact) mass is 863 g/mol. The summed E-state index contributed by atoms with van der Waals surface area (Å²) >= 11 is 0. The second-order valence-corrected chi connectivity index (χ2v) is 18.0. The zero-order valence-electron chi connectivity index (χ0n) is 37.4. The van der Waals surface area contributed by atoms with Crippen molar-refractivity contribution in [3.8, 4) is 44.5 Å². The Morgan fingerprint density at radius 1 is 0.250 bits per heavy atom. The predicted octanol–water partition coefficient (Wildman–Crippen LogP) is 18.0. The zero-order chi connectivity index (χ0) is 45.0. The molecular formula is C67H45N. The standard InChI is InChI=1S/C67H45N/c1-3-20-53(21-4-1)67(54-22-5-2-6-23-54)64-30-12-11-26-63(64)66-62(29-15-31-65(66)67)52-33-32-51-45-57(43-38-50(51)44-52)68(55-39-34-48(35-40-55)60-27-13-18-46-16-7-9-24-58(46)60)56-41-36-49(37-42-56)61-28-14-19-47-17-8-10-25-59(47)61/h1-45H. The van der Waals surface area contributed by atoms with E-state index in [0.717, 1.165) is 17.1 Å². The van der Waals surface area contributed by atoms with Gasteiger partial charge in [0.1, 0.15) is 0 Å². The molecule has 1 nitrogen and oxygen atoms in total. The minimum absolute atomic E-state index is 0.445. The molecule has 0 spiro atoms. The Hall–Kier alpha value is -8.78. The molecule has 0 amide bonds. The summed E-state index contributed by atoms with van der Waals surface area (Å²) in [5, 5.41) is 7.39. The molecule has 1 heteroatoms. The van der Waals surface area contributed by atoms with E-state index in [1.165, 1.54) is 99.1 Å². The molecule has 0 fully saturated rings. The van der Waals surface area contributed by atoms with Gasteiger partial charge in [0.25, 0.3) is 0 Å². The normalized spacial score (nSPS) is 12.5. The predicted molar refractivity (Wildman–Crippen MR) is 287 cm³/mol. The van der Waals surface area contributed by atoms with E-state index < -0.39 is 5.41 Å². The number of fused-ring (bicyclic) bond motifs is 6. The third-order valence-electron chi connectivity index (χ3n) is 14.3. The fourth-order valence-electron chi connectivity index (χ4n) is 11.3. The molecule has 0 aromatic heterocycles. The van der Waals surface area contributed by atoms with E-state index in [0.29, 0.717) is 0 Å². The lowest BCUT2D eigenvalue weighted by atomic mass is 9.67. The maximum atomic E-state index is 2.39. The molecule has 0 saturated heterocycles. The fourth-order valence-corrected chi connectivity index (χ4v) is 11.3. The molecule has 1 aliphatic rings. The average molecular weight is 864 g/mol. The molecule has 12 aromatic carbocycles. The van der Waals surface area contributed by atoms with E-state index in [4.69, 9.17) is 0 Å². The molecule has 12 aromatic rings. The number of rotatable bonds is 8. The fraction of sp³-hybridized carbons (Fsp3) is 0.0149. The SMILES string of the molecule is c1ccc(C2(c3ccccc3)c3ccccc3-c3c(-c4ccc5cc(N(c6ccc(-c7cccc8ccccc78)cc6)c6ccc(-c7cccc8ccccc78)cc6)ccc5c4)cccc32)cc1. The second-order valence-electron chi connectivity index (χ2n) is 18.0. The molecule has 0 bridgehead atoms. The van der Waals surface area contributed by atoms with Crippen LogP contribution in [-0.4, -0.2) is 0 Å². The minimum Gasteiger partial charge on any atom is -0.310 e. The van der Waals surface area contributed by atoms with Crippen LogP contribution in [0.4, 0.5) is 17.1 Å². The van der Waals surface area contributed by atoms with Gasteiger partial charge in [0.05, 0.1) is 5.41 Å². The maximum absolute atomic E-state index is 2.39. The van der Waals surface area contributed by atoms with Crippen LogP contribution >= 0.6 is 0 Å². The lowest BCUT2D eigenvalue weighted by molar-refractivity contribution is 0.768. The maximum Gasteiger partial charge on any atom is 0.0713 e. The van der Waals surface area contributed by atoms with Crippen LogP contribution in [0.1, 0.15) is 22.3 Å². The Morgan fingerprint density at radius 3 is 1.29 bits per heavy atom. The van der Waals surface area contributed by atoms with Gasteiger partial charge in [0.2, 0.25) is 0 Å². The summed E-state index contributed by atoms with van der Waals surface area (Å²) in [6, 6.07) is 101. The van der Waals surface area contributed by atoms with Crippen molar-refractivity contribution in [1.82, 2.24) is 0 Å². The van der Waals surface area contributed by atoms with E-state index in [9.17, 15) is 0 Å². The zero-order valence-corrected chi connectivity index (χ0v) is 37.4. The van der Waals surface area contributed by atoms with E-state index in [-0.39, 0.29) is 0 Å². The molecule has 13 rings (SSSR count). The molecule has 0 N–H and O–H groups in total. The van der Waals surface area contributed by atoms with Crippen molar-refractivity contribution in [3.63, 3.8) is 0 Å². The van der Waals surface area contributed by atoms with Crippen molar-refractivity contribution in [3.05, 3.63) is 295 Å². The summed E-state index contributed by atoms with van der Waals surface area (Å²) in [4.78, 5) is 2.39. The first-order valence-corrected chi connectivity index (χ1v) is 23.6. The van der Waals surface area contributed by atoms with Gasteiger partial charge in [-0.15, -0.1) is 0 Å². The van der Waals surface area contributed by atoms with Crippen molar-refractivity contribution in [2.75, 3.05) is 4.90 Å². The lowest BCUT2D eigenvalue weighted by Crippen LogP contribution is -2.28. The van der Waals surface area contributed by atoms with E-state index in [1.807, 2.05) is 0 Å². The highest BCUT2D eigenvalue weighted by atomic mass is 15.1. The Bertz CT molecular complexity index is 3660. The average Bonchev–Trinajstić information content (AvgIpc) is 3.73.